The van der Waals surface area contributed by atoms with Crippen molar-refractivity contribution in [3.8, 4) is 17.0 Å². The van der Waals surface area contributed by atoms with E-state index in [2.05, 4.69) is 70.2 Å². The van der Waals surface area contributed by atoms with Crippen LogP contribution in [-0.2, 0) is 0 Å². The molecule has 4 rings (SSSR count). The summed E-state index contributed by atoms with van der Waals surface area (Å²) < 4.78 is 1.89. The first kappa shape index (κ1) is 22.7. The minimum absolute atomic E-state index is 0.0246. The summed E-state index contributed by atoms with van der Waals surface area (Å²) in [5.41, 5.74) is 3.78. The zero-order valence-corrected chi connectivity index (χ0v) is 19.7. The third kappa shape index (κ3) is 4.68. The van der Waals surface area contributed by atoms with Crippen LogP contribution < -0.4 is 5.32 Å². The first-order valence-corrected chi connectivity index (χ1v) is 10.9. The number of aromatic nitrogens is 5. The van der Waals surface area contributed by atoms with Gasteiger partial charge in [-0.1, -0.05) is 11.3 Å². The van der Waals surface area contributed by atoms with Gasteiger partial charge in [0.15, 0.2) is 0 Å². The molecule has 1 aliphatic rings. The van der Waals surface area contributed by atoms with Crippen molar-refractivity contribution in [1.82, 2.24) is 30.5 Å². The van der Waals surface area contributed by atoms with Crippen molar-refractivity contribution >= 4 is 23.6 Å². The lowest BCUT2D eigenvalue weighted by atomic mass is 9.80. The van der Waals surface area contributed by atoms with Crippen molar-refractivity contribution in [2.75, 3.05) is 7.05 Å². The van der Waals surface area contributed by atoms with E-state index in [1.807, 2.05) is 16.8 Å². The van der Waals surface area contributed by atoms with Crippen molar-refractivity contribution in [3.63, 3.8) is 0 Å². The van der Waals surface area contributed by atoms with Gasteiger partial charge in [-0.25, -0.2) is 4.68 Å². The second-order valence-corrected chi connectivity index (χ2v) is 9.77. The summed E-state index contributed by atoms with van der Waals surface area (Å²) in [5.74, 6) is 0.0801. The quantitative estimate of drug-likeness (QED) is 0.578. The molecule has 0 saturated carbocycles. The number of aliphatic imine (C=N–C) groups is 2. The highest BCUT2D eigenvalue weighted by atomic mass is 16.3. The maximum atomic E-state index is 10.7. The molecule has 0 amide bonds. The van der Waals surface area contributed by atoms with E-state index in [1.165, 1.54) is 0 Å². The van der Waals surface area contributed by atoms with Crippen molar-refractivity contribution in [3.05, 3.63) is 42.1 Å². The molecule has 1 fully saturated rings. The van der Waals surface area contributed by atoms with Crippen LogP contribution in [0.1, 0.15) is 52.1 Å². The molecule has 1 aliphatic heterocycles. The van der Waals surface area contributed by atoms with Crippen LogP contribution in [0.3, 0.4) is 0 Å². The topological polar surface area (TPSA) is 113 Å². The number of rotatable bonds is 5. The Balaban J connectivity index is 1.66. The number of benzene rings is 1. The molecule has 9 heteroatoms. The zero-order valence-electron chi connectivity index (χ0n) is 19.7. The molecule has 1 saturated heterocycles. The number of hydrogen-bond donors (Lipinski definition) is 2. The number of phenols is 1. The molecular formula is C24H30N8O. The second kappa shape index (κ2) is 8.47. The van der Waals surface area contributed by atoms with Crippen LogP contribution in [0.15, 0.2) is 46.5 Å². The molecule has 33 heavy (non-hydrogen) atoms. The Kier molecular flexibility index (Phi) is 5.84. The largest absolute Gasteiger partial charge is 0.507 e. The number of nitrogens with zero attached hydrogens (tertiary/aromatic N) is 7. The summed E-state index contributed by atoms with van der Waals surface area (Å²) in [6.45, 7) is 12.2. The average Bonchev–Trinajstić information content (AvgIpc) is 3.15. The van der Waals surface area contributed by atoms with E-state index in [9.17, 15) is 5.11 Å². The molecular weight excluding hydrogens is 416 g/mol. The third-order valence-electron chi connectivity index (χ3n) is 5.88. The molecule has 0 spiro atoms. The molecule has 0 aliphatic carbocycles. The Morgan fingerprint density at radius 2 is 1.88 bits per heavy atom. The minimum atomic E-state index is -0.0246. The molecule has 0 atom stereocenters. The van der Waals surface area contributed by atoms with Crippen molar-refractivity contribution < 1.29 is 5.11 Å². The number of aromatic hydroxyl groups is 1. The normalized spacial score (nSPS) is 18.8. The number of allylic oxidation sites excluding steroid dienone is 1. The summed E-state index contributed by atoms with van der Waals surface area (Å²) in [7, 11) is 1.68. The van der Waals surface area contributed by atoms with Gasteiger partial charge in [0.2, 0.25) is 5.65 Å². The Morgan fingerprint density at radius 3 is 2.52 bits per heavy atom. The smallest absolute Gasteiger partial charge is 0.201 e. The Bertz CT molecular complexity index is 1240. The highest BCUT2D eigenvalue weighted by Crippen LogP contribution is 2.37. The van der Waals surface area contributed by atoms with Gasteiger partial charge < -0.3 is 10.4 Å². The van der Waals surface area contributed by atoms with Crippen LogP contribution in [-0.4, -0.2) is 60.9 Å². The number of nitrogens with one attached hydrogen (secondary N) is 1. The Hall–Kier alpha value is -3.46. The van der Waals surface area contributed by atoms with E-state index in [4.69, 9.17) is 0 Å². The van der Waals surface area contributed by atoms with E-state index in [-0.39, 0.29) is 22.9 Å². The predicted octanol–water partition coefficient (Wildman–Crippen LogP) is 3.71. The van der Waals surface area contributed by atoms with Crippen LogP contribution in [0.25, 0.3) is 22.4 Å². The summed E-state index contributed by atoms with van der Waals surface area (Å²) in [6.07, 6.45) is 5.12. The maximum Gasteiger partial charge on any atom is 0.201 e. The Morgan fingerprint density at radius 1 is 1.15 bits per heavy atom. The standard InChI is InChI=1S/C24H30N8O/c1-23(2)13-16(14-24(3,4)30-23)32-22-20(28-31-32)12-19(27-29-22)17-8-7-15(11-21(17)33)18(26-6)9-10-25-5/h7-12,16,30,33H,5,13-14H2,1-4,6H3/b10-9-,26-18+. The Labute approximate surface area is 193 Å². The lowest BCUT2D eigenvalue weighted by Crippen LogP contribution is -2.58. The summed E-state index contributed by atoms with van der Waals surface area (Å²) in [6, 6.07) is 7.29. The first-order valence-electron chi connectivity index (χ1n) is 10.9. The summed E-state index contributed by atoms with van der Waals surface area (Å²) >= 11 is 0. The van der Waals surface area contributed by atoms with Gasteiger partial charge in [0.25, 0.3) is 0 Å². The second-order valence-electron chi connectivity index (χ2n) is 9.77. The van der Waals surface area contributed by atoms with Gasteiger partial charge in [0, 0.05) is 35.5 Å². The van der Waals surface area contributed by atoms with E-state index < -0.39 is 0 Å². The fourth-order valence-electron chi connectivity index (χ4n) is 4.90. The molecule has 0 unspecified atom stereocenters. The van der Waals surface area contributed by atoms with Gasteiger partial charge in [-0.3, -0.25) is 9.98 Å². The van der Waals surface area contributed by atoms with Gasteiger partial charge in [0.05, 0.1) is 17.4 Å². The SMILES string of the molecule is C=N/C=C\C(=N/C)c1ccc(-c2cc3nnn(C4CC(C)(C)NC(C)(C)C4)c3nn2)c(O)c1. The average molecular weight is 447 g/mol. The first-order chi connectivity index (χ1) is 15.6. The van der Waals surface area contributed by atoms with Crippen molar-refractivity contribution in [2.24, 2.45) is 9.98 Å². The number of fused-ring (bicyclic) bond motifs is 1. The number of hydrogen-bond acceptors (Lipinski definition) is 8. The van der Waals surface area contributed by atoms with Crippen LogP contribution >= 0.6 is 0 Å². The third-order valence-corrected chi connectivity index (χ3v) is 5.88. The molecule has 0 bridgehead atoms. The summed E-state index contributed by atoms with van der Waals surface area (Å²) in [5, 5.41) is 32.0. The van der Waals surface area contributed by atoms with Crippen molar-refractivity contribution in [2.45, 2.75) is 57.7 Å². The van der Waals surface area contributed by atoms with Crippen LogP contribution in [0.5, 0.6) is 5.75 Å². The van der Waals surface area contributed by atoms with Gasteiger partial charge in [-0.05, 0) is 71.5 Å². The monoisotopic (exact) mass is 446 g/mol. The van der Waals surface area contributed by atoms with E-state index in [0.29, 0.717) is 28.1 Å². The van der Waals surface area contributed by atoms with Crippen molar-refractivity contribution in [1.29, 1.82) is 0 Å². The molecule has 3 heterocycles. The van der Waals surface area contributed by atoms with Crippen LogP contribution in [0, 0.1) is 0 Å². The molecule has 3 aromatic rings. The lowest BCUT2D eigenvalue weighted by Gasteiger charge is -2.46. The highest BCUT2D eigenvalue weighted by Gasteiger charge is 2.39. The zero-order chi connectivity index (χ0) is 23.8. The van der Waals surface area contributed by atoms with E-state index in [1.54, 1.807) is 31.5 Å². The predicted molar refractivity (Wildman–Crippen MR) is 131 cm³/mol. The van der Waals surface area contributed by atoms with Gasteiger partial charge in [0.1, 0.15) is 11.3 Å². The molecule has 1 aromatic carbocycles. The van der Waals surface area contributed by atoms with Gasteiger partial charge in [-0.2, -0.15) is 0 Å². The maximum absolute atomic E-state index is 10.7. The van der Waals surface area contributed by atoms with E-state index >= 15 is 0 Å². The molecule has 2 aromatic heterocycles. The van der Waals surface area contributed by atoms with Crippen LogP contribution in [0.4, 0.5) is 0 Å². The molecule has 2 N–H and O–H groups in total. The minimum Gasteiger partial charge on any atom is -0.507 e. The lowest BCUT2D eigenvalue weighted by molar-refractivity contribution is 0.127. The molecule has 172 valence electrons. The van der Waals surface area contributed by atoms with Crippen LogP contribution in [0.2, 0.25) is 0 Å². The molecule has 0 radical (unpaired) electrons. The molecule has 9 nitrogen and oxygen atoms in total. The fraction of sp³-hybridized carbons (Fsp3) is 0.417. The van der Waals surface area contributed by atoms with Gasteiger partial charge >= 0.3 is 0 Å². The van der Waals surface area contributed by atoms with Gasteiger partial charge in [-0.15, -0.1) is 15.3 Å². The highest BCUT2D eigenvalue weighted by molar-refractivity contribution is 6.09. The fourth-order valence-corrected chi connectivity index (χ4v) is 4.90. The summed E-state index contributed by atoms with van der Waals surface area (Å²) in [4.78, 5) is 7.93. The van der Waals surface area contributed by atoms with E-state index in [0.717, 1.165) is 18.4 Å². The number of piperidine rings is 1. The number of phenolic OH excluding ortho intramolecular Hbond substituents is 1.